The third kappa shape index (κ3) is 5.49. The first-order valence-corrected chi connectivity index (χ1v) is 11.5. The van der Waals surface area contributed by atoms with Crippen molar-refractivity contribution in [2.24, 2.45) is 0 Å². The lowest BCUT2D eigenvalue weighted by Crippen LogP contribution is -2.37. The number of ketones is 1. The zero-order chi connectivity index (χ0) is 25.0. The van der Waals surface area contributed by atoms with Crippen LogP contribution in [0.15, 0.2) is 78.9 Å². The average molecular weight is 469 g/mol. The molecule has 6 heteroatoms. The minimum absolute atomic E-state index is 0.0925. The summed E-state index contributed by atoms with van der Waals surface area (Å²) in [4.78, 5) is 29.1. The molecule has 0 fully saturated rings. The Morgan fingerprint density at radius 3 is 2.37 bits per heavy atom. The number of carboxylic acid groups (broad SMARTS) is 1. The second-order valence-electron chi connectivity index (χ2n) is 8.95. The van der Waals surface area contributed by atoms with Crippen LogP contribution in [0.25, 0.3) is 17.1 Å². The second kappa shape index (κ2) is 9.97. The Labute approximate surface area is 204 Å². The number of benzene rings is 3. The zero-order valence-corrected chi connectivity index (χ0v) is 20.1. The fraction of sp³-hybridized carbons (Fsp3) is 0.207. The molecule has 0 atom stereocenters. The summed E-state index contributed by atoms with van der Waals surface area (Å²) in [6, 6.07) is 22.6. The standard InChI is InChI=1S/C29H28N2O4/c1-20-11-15-22(16-12-20)26(32)27-30-24-9-4-5-10-25(24)31(27)19-7-6-8-21-13-17-23(18-14-21)35-29(2,3)28(33)34/h4-6,8-18H,7,19H2,1-3H3,(H,33,34)/b8-6+. The van der Waals surface area contributed by atoms with E-state index in [0.29, 0.717) is 30.1 Å². The first-order valence-electron chi connectivity index (χ1n) is 11.5. The molecule has 0 aliphatic carbocycles. The van der Waals surface area contributed by atoms with Gasteiger partial charge in [-0.1, -0.05) is 66.2 Å². The number of hydrogen-bond donors (Lipinski definition) is 1. The fourth-order valence-corrected chi connectivity index (χ4v) is 3.72. The predicted octanol–water partition coefficient (Wildman–Crippen LogP) is 5.92. The molecular weight excluding hydrogens is 440 g/mol. The summed E-state index contributed by atoms with van der Waals surface area (Å²) < 4.78 is 7.53. The van der Waals surface area contributed by atoms with Crippen molar-refractivity contribution in [2.75, 3.05) is 0 Å². The van der Waals surface area contributed by atoms with Crippen LogP contribution < -0.4 is 4.74 Å². The molecule has 0 bridgehead atoms. The van der Waals surface area contributed by atoms with Crippen molar-refractivity contribution in [3.8, 4) is 5.75 Å². The van der Waals surface area contributed by atoms with Gasteiger partial charge >= 0.3 is 5.97 Å². The van der Waals surface area contributed by atoms with Crippen molar-refractivity contribution in [3.05, 3.63) is 101 Å². The van der Waals surface area contributed by atoms with Gasteiger partial charge in [0.2, 0.25) is 5.78 Å². The molecule has 178 valence electrons. The first kappa shape index (κ1) is 24.0. The van der Waals surface area contributed by atoms with E-state index in [2.05, 4.69) is 4.98 Å². The maximum atomic E-state index is 13.2. The van der Waals surface area contributed by atoms with E-state index in [1.807, 2.05) is 84.3 Å². The van der Waals surface area contributed by atoms with E-state index in [1.54, 1.807) is 12.1 Å². The van der Waals surface area contributed by atoms with Crippen molar-refractivity contribution in [2.45, 2.75) is 39.3 Å². The van der Waals surface area contributed by atoms with Gasteiger partial charge in [-0.3, -0.25) is 4.79 Å². The first-order chi connectivity index (χ1) is 16.7. The summed E-state index contributed by atoms with van der Waals surface area (Å²) in [5.74, 6) is -0.177. The van der Waals surface area contributed by atoms with Gasteiger partial charge in [-0.2, -0.15) is 0 Å². The number of imidazole rings is 1. The fourth-order valence-electron chi connectivity index (χ4n) is 3.72. The minimum Gasteiger partial charge on any atom is -0.478 e. The van der Waals surface area contributed by atoms with E-state index in [-0.39, 0.29) is 5.78 Å². The van der Waals surface area contributed by atoms with Crippen LogP contribution in [0.2, 0.25) is 0 Å². The Morgan fingerprint density at radius 2 is 1.69 bits per heavy atom. The molecule has 35 heavy (non-hydrogen) atoms. The molecule has 0 amide bonds. The normalized spacial score (nSPS) is 11.7. The number of carbonyl (C=O) groups excluding carboxylic acids is 1. The highest BCUT2D eigenvalue weighted by molar-refractivity contribution is 6.08. The number of nitrogens with zero attached hydrogens (tertiary/aromatic N) is 2. The third-order valence-corrected chi connectivity index (χ3v) is 5.77. The molecule has 0 saturated heterocycles. The van der Waals surface area contributed by atoms with Gasteiger partial charge in [-0.05, 0) is 57.0 Å². The minimum atomic E-state index is -1.29. The third-order valence-electron chi connectivity index (χ3n) is 5.77. The van der Waals surface area contributed by atoms with Gasteiger partial charge in [0.05, 0.1) is 11.0 Å². The summed E-state index contributed by atoms with van der Waals surface area (Å²) in [7, 11) is 0. The lowest BCUT2D eigenvalue weighted by Gasteiger charge is -2.21. The maximum Gasteiger partial charge on any atom is 0.347 e. The highest BCUT2D eigenvalue weighted by atomic mass is 16.5. The SMILES string of the molecule is Cc1ccc(C(=O)c2nc3ccccc3n2CC/C=C/c2ccc(OC(C)(C)C(=O)O)cc2)cc1. The van der Waals surface area contributed by atoms with Crippen molar-refractivity contribution >= 4 is 28.9 Å². The predicted molar refractivity (Wildman–Crippen MR) is 137 cm³/mol. The van der Waals surface area contributed by atoms with Crippen LogP contribution in [0.3, 0.4) is 0 Å². The van der Waals surface area contributed by atoms with E-state index >= 15 is 0 Å². The molecule has 0 unspecified atom stereocenters. The van der Waals surface area contributed by atoms with Crippen LogP contribution in [0, 0.1) is 6.92 Å². The summed E-state index contributed by atoms with van der Waals surface area (Å²) in [5, 5.41) is 9.21. The number of ether oxygens (including phenoxy) is 1. The topological polar surface area (TPSA) is 81.4 Å². The van der Waals surface area contributed by atoms with Gasteiger partial charge in [0, 0.05) is 12.1 Å². The molecule has 0 aliphatic heterocycles. The van der Waals surface area contributed by atoms with E-state index in [4.69, 9.17) is 4.74 Å². The molecule has 0 aliphatic rings. The molecule has 1 aromatic heterocycles. The molecule has 6 nitrogen and oxygen atoms in total. The molecule has 0 spiro atoms. The molecule has 1 N–H and O–H groups in total. The van der Waals surface area contributed by atoms with Crippen LogP contribution >= 0.6 is 0 Å². The van der Waals surface area contributed by atoms with Crippen molar-refractivity contribution in [1.82, 2.24) is 9.55 Å². The van der Waals surface area contributed by atoms with Crippen molar-refractivity contribution < 1.29 is 19.4 Å². The highest BCUT2D eigenvalue weighted by Crippen LogP contribution is 2.21. The van der Waals surface area contributed by atoms with Crippen molar-refractivity contribution in [3.63, 3.8) is 0 Å². The van der Waals surface area contributed by atoms with E-state index in [1.165, 1.54) is 13.8 Å². The monoisotopic (exact) mass is 468 g/mol. The molecule has 4 aromatic rings. The number of aryl methyl sites for hydroxylation is 2. The van der Waals surface area contributed by atoms with Gasteiger partial charge < -0.3 is 14.4 Å². The molecule has 1 heterocycles. The Balaban J connectivity index is 1.48. The number of hydrogen-bond acceptors (Lipinski definition) is 4. The summed E-state index contributed by atoms with van der Waals surface area (Å²) in [6.45, 7) is 5.63. The van der Waals surface area contributed by atoms with E-state index in [0.717, 1.165) is 22.2 Å². The number of para-hydroxylation sites is 2. The van der Waals surface area contributed by atoms with Gasteiger partial charge in [0.15, 0.2) is 11.4 Å². The summed E-state index contributed by atoms with van der Waals surface area (Å²) in [5.41, 5.74) is 3.13. The van der Waals surface area contributed by atoms with Gasteiger partial charge in [0.25, 0.3) is 0 Å². The molecular formula is C29H28N2O4. The number of fused-ring (bicyclic) bond motifs is 1. The van der Waals surface area contributed by atoms with Crippen LogP contribution in [0.1, 0.15) is 47.6 Å². The smallest absolute Gasteiger partial charge is 0.347 e. The molecule has 0 saturated carbocycles. The number of rotatable bonds is 9. The summed E-state index contributed by atoms with van der Waals surface area (Å²) in [6.07, 6.45) is 4.75. The number of carboxylic acids is 1. The largest absolute Gasteiger partial charge is 0.478 e. The quantitative estimate of drug-likeness (QED) is 0.308. The highest BCUT2D eigenvalue weighted by Gasteiger charge is 2.29. The zero-order valence-electron chi connectivity index (χ0n) is 20.1. The Morgan fingerprint density at radius 1 is 1.00 bits per heavy atom. The maximum absolute atomic E-state index is 13.2. The van der Waals surface area contributed by atoms with Crippen LogP contribution in [0.4, 0.5) is 0 Å². The Bertz CT molecular complexity index is 1380. The van der Waals surface area contributed by atoms with Crippen LogP contribution in [-0.4, -0.2) is 32.0 Å². The average Bonchev–Trinajstić information content (AvgIpc) is 3.21. The summed E-state index contributed by atoms with van der Waals surface area (Å²) >= 11 is 0. The van der Waals surface area contributed by atoms with E-state index in [9.17, 15) is 14.7 Å². The lowest BCUT2D eigenvalue weighted by molar-refractivity contribution is -0.152. The number of aromatic nitrogens is 2. The van der Waals surface area contributed by atoms with Crippen LogP contribution in [-0.2, 0) is 11.3 Å². The molecule has 4 rings (SSSR count). The number of allylic oxidation sites excluding steroid dienone is 1. The Hall–Kier alpha value is -4.19. The number of carbonyl (C=O) groups is 2. The van der Waals surface area contributed by atoms with Crippen LogP contribution in [0.5, 0.6) is 5.75 Å². The van der Waals surface area contributed by atoms with Gasteiger partial charge in [-0.15, -0.1) is 0 Å². The van der Waals surface area contributed by atoms with Gasteiger partial charge in [-0.25, -0.2) is 9.78 Å². The Kier molecular flexibility index (Phi) is 6.82. The van der Waals surface area contributed by atoms with Crippen molar-refractivity contribution in [1.29, 1.82) is 0 Å². The number of aliphatic carboxylic acids is 1. The second-order valence-corrected chi connectivity index (χ2v) is 8.95. The van der Waals surface area contributed by atoms with Gasteiger partial charge in [0.1, 0.15) is 5.75 Å². The molecule has 3 aromatic carbocycles. The molecule has 0 radical (unpaired) electrons. The lowest BCUT2D eigenvalue weighted by atomic mass is 10.1. The van der Waals surface area contributed by atoms with E-state index < -0.39 is 11.6 Å².